The van der Waals surface area contributed by atoms with Crippen LogP contribution >= 0.6 is 15.9 Å². The molecule has 1 saturated heterocycles. The van der Waals surface area contributed by atoms with Gasteiger partial charge in [-0.2, -0.15) is 0 Å². The number of hydrogen-bond acceptors (Lipinski definition) is 3. The number of nitrogens with one attached hydrogen (secondary N) is 1. The summed E-state index contributed by atoms with van der Waals surface area (Å²) in [5.41, 5.74) is 1.00. The van der Waals surface area contributed by atoms with E-state index in [1.54, 1.807) is 7.11 Å². The summed E-state index contributed by atoms with van der Waals surface area (Å²) < 4.78 is 5.90. The maximum Gasteiger partial charge on any atom is 0.226 e. The fourth-order valence-corrected chi connectivity index (χ4v) is 3.19. The van der Waals surface area contributed by atoms with Crippen LogP contribution in [0.1, 0.15) is 18.4 Å². The van der Waals surface area contributed by atoms with Crippen molar-refractivity contribution in [3.8, 4) is 0 Å². The lowest BCUT2D eigenvalue weighted by Crippen LogP contribution is -2.44. The number of carbonyl (C=O) groups is 2. The Balaban J connectivity index is 1.77. The summed E-state index contributed by atoms with van der Waals surface area (Å²) in [6.07, 6.45) is 1.86. The Morgan fingerprint density at radius 1 is 1.35 bits per heavy atom. The molecule has 0 radical (unpaired) electrons. The van der Waals surface area contributed by atoms with Crippen molar-refractivity contribution >= 4 is 27.7 Å². The third kappa shape index (κ3) is 5.62. The topological polar surface area (TPSA) is 58.6 Å². The average Bonchev–Trinajstić information content (AvgIpc) is 2.55. The predicted molar refractivity (Wildman–Crippen MR) is 92.0 cm³/mol. The summed E-state index contributed by atoms with van der Waals surface area (Å²) in [5, 5.41) is 2.87. The Hall–Kier alpha value is -1.40. The lowest BCUT2D eigenvalue weighted by Gasteiger charge is -2.31. The fraction of sp³-hybridized carbons (Fsp3) is 0.529. The van der Waals surface area contributed by atoms with Gasteiger partial charge in [-0.1, -0.05) is 28.1 Å². The van der Waals surface area contributed by atoms with Crippen LogP contribution in [0, 0.1) is 5.92 Å². The highest BCUT2D eigenvalue weighted by Crippen LogP contribution is 2.19. The van der Waals surface area contributed by atoms with E-state index in [2.05, 4.69) is 21.2 Å². The van der Waals surface area contributed by atoms with Crippen LogP contribution in [0.15, 0.2) is 28.7 Å². The number of benzene rings is 1. The van der Waals surface area contributed by atoms with E-state index in [4.69, 9.17) is 4.74 Å². The van der Waals surface area contributed by atoms with E-state index >= 15 is 0 Å². The Morgan fingerprint density at radius 2 is 2.09 bits per heavy atom. The zero-order valence-electron chi connectivity index (χ0n) is 13.4. The van der Waals surface area contributed by atoms with Crippen molar-refractivity contribution in [1.29, 1.82) is 0 Å². The first-order valence-electron chi connectivity index (χ1n) is 7.89. The number of methoxy groups -OCH3 is 1. The molecule has 1 aliphatic heterocycles. The monoisotopic (exact) mass is 382 g/mol. The summed E-state index contributed by atoms with van der Waals surface area (Å²) in [4.78, 5) is 26.2. The Kier molecular flexibility index (Phi) is 7.05. The van der Waals surface area contributed by atoms with Crippen molar-refractivity contribution in [3.63, 3.8) is 0 Å². The molecule has 0 saturated carbocycles. The predicted octanol–water partition coefficient (Wildman–Crippen LogP) is 1.99. The second-order valence-corrected chi connectivity index (χ2v) is 6.66. The lowest BCUT2D eigenvalue weighted by atomic mass is 9.95. The van der Waals surface area contributed by atoms with E-state index in [9.17, 15) is 9.59 Å². The molecular formula is C17H23BrN2O3. The normalized spacial score (nSPS) is 15.5. The van der Waals surface area contributed by atoms with Crippen LogP contribution in [0.4, 0.5) is 0 Å². The standard InChI is InChI=1S/C17H23BrN2O3/c1-23-10-7-19-17(22)14-5-8-20(9-6-14)16(21)12-13-3-2-4-15(18)11-13/h2-4,11,14H,5-10,12H2,1H3,(H,19,22). The summed E-state index contributed by atoms with van der Waals surface area (Å²) >= 11 is 3.42. The number of hydrogen-bond donors (Lipinski definition) is 1. The van der Waals surface area contributed by atoms with Gasteiger partial charge in [-0.25, -0.2) is 0 Å². The molecular weight excluding hydrogens is 360 g/mol. The molecule has 1 aromatic carbocycles. The molecule has 5 nitrogen and oxygen atoms in total. The third-order valence-electron chi connectivity index (χ3n) is 4.07. The number of rotatable bonds is 6. The van der Waals surface area contributed by atoms with E-state index in [-0.39, 0.29) is 17.7 Å². The minimum atomic E-state index is 0.00164. The molecule has 23 heavy (non-hydrogen) atoms. The zero-order chi connectivity index (χ0) is 16.7. The van der Waals surface area contributed by atoms with E-state index in [1.807, 2.05) is 29.2 Å². The Bertz CT molecular complexity index is 542. The molecule has 1 heterocycles. The number of piperidine rings is 1. The molecule has 1 fully saturated rings. The number of nitrogens with zero attached hydrogens (tertiary/aromatic N) is 1. The van der Waals surface area contributed by atoms with Gasteiger partial charge in [0.15, 0.2) is 0 Å². The first-order valence-corrected chi connectivity index (χ1v) is 8.68. The van der Waals surface area contributed by atoms with Gasteiger partial charge in [0, 0.05) is 37.1 Å². The number of ether oxygens (including phenoxy) is 1. The van der Waals surface area contributed by atoms with Crippen molar-refractivity contribution in [2.24, 2.45) is 5.92 Å². The quantitative estimate of drug-likeness (QED) is 0.765. The van der Waals surface area contributed by atoms with Crippen LogP contribution in [-0.4, -0.2) is 50.1 Å². The average molecular weight is 383 g/mol. The molecule has 0 atom stereocenters. The Labute approximate surface area is 145 Å². The van der Waals surface area contributed by atoms with Crippen LogP contribution in [0.5, 0.6) is 0 Å². The van der Waals surface area contributed by atoms with E-state index < -0.39 is 0 Å². The summed E-state index contributed by atoms with van der Waals surface area (Å²) in [5.74, 6) is 0.198. The summed E-state index contributed by atoms with van der Waals surface area (Å²) in [6.45, 7) is 2.36. The molecule has 0 aromatic heterocycles. The lowest BCUT2D eigenvalue weighted by molar-refractivity contribution is -0.135. The number of halogens is 1. The highest BCUT2D eigenvalue weighted by atomic mass is 79.9. The first-order chi connectivity index (χ1) is 11.1. The number of carbonyl (C=O) groups excluding carboxylic acids is 2. The zero-order valence-corrected chi connectivity index (χ0v) is 15.0. The molecule has 2 rings (SSSR count). The van der Waals surface area contributed by atoms with Gasteiger partial charge >= 0.3 is 0 Å². The van der Waals surface area contributed by atoms with Gasteiger partial charge in [-0.15, -0.1) is 0 Å². The van der Waals surface area contributed by atoms with Gasteiger partial charge < -0.3 is 15.0 Å². The summed E-state index contributed by atoms with van der Waals surface area (Å²) in [7, 11) is 1.61. The van der Waals surface area contributed by atoms with Crippen LogP contribution in [0.25, 0.3) is 0 Å². The maximum atomic E-state index is 12.4. The van der Waals surface area contributed by atoms with Crippen LogP contribution in [-0.2, 0) is 20.7 Å². The van der Waals surface area contributed by atoms with Crippen molar-refractivity contribution in [2.75, 3.05) is 33.4 Å². The second kappa shape index (κ2) is 9.03. The number of amides is 2. The molecule has 6 heteroatoms. The molecule has 1 aromatic rings. The molecule has 0 aliphatic carbocycles. The van der Waals surface area contributed by atoms with Crippen molar-refractivity contribution in [1.82, 2.24) is 10.2 Å². The van der Waals surface area contributed by atoms with E-state index in [0.29, 0.717) is 32.7 Å². The van der Waals surface area contributed by atoms with Crippen molar-refractivity contribution in [3.05, 3.63) is 34.3 Å². The van der Waals surface area contributed by atoms with E-state index in [0.717, 1.165) is 22.9 Å². The molecule has 0 spiro atoms. The molecule has 126 valence electrons. The molecule has 0 unspecified atom stereocenters. The highest BCUT2D eigenvalue weighted by molar-refractivity contribution is 9.10. The molecule has 2 amide bonds. The number of likely N-dealkylation sites (tertiary alicyclic amines) is 1. The Morgan fingerprint density at radius 3 is 2.74 bits per heavy atom. The van der Waals surface area contributed by atoms with Crippen molar-refractivity contribution in [2.45, 2.75) is 19.3 Å². The fourth-order valence-electron chi connectivity index (χ4n) is 2.75. The SMILES string of the molecule is COCCNC(=O)C1CCN(C(=O)Cc2cccc(Br)c2)CC1. The minimum absolute atomic E-state index is 0.00164. The maximum absolute atomic E-state index is 12.4. The van der Waals surface area contributed by atoms with Gasteiger partial charge in [0.25, 0.3) is 0 Å². The van der Waals surface area contributed by atoms with Crippen LogP contribution in [0.3, 0.4) is 0 Å². The molecule has 0 bridgehead atoms. The van der Waals surface area contributed by atoms with Gasteiger partial charge in [0.1, 0.15) is 0 Å². The van der Waals surface area contributed by atoms with Gasteiger partial charge in [0.05, 0.1) is 13.0 Å². The highest BCUT2D eigenvalue weighted by Gasteiger charge is 2.27. The molecule has 1 N–H and O–H groups in total. The smallest absolute Gasteiger partial charge is 0.226 e. The first kappa shape index (κ1) is 17.9. The third-order valence-corrected chi connectivity index (χ3v) is 4.56. The summed E-state index contributed by atoms with van der Waals surface area (Å²) in [6, 6.07) is 7.80. The van der Waals surface area contributed by atoms with Crippen LogP contribution < -0.4 is 5.32 Å². The molecule has 1 aliphatic rings. The van der Waals surface area contributed by atoms with Gasteiger partial charge in [-0.05, 0) is 30.5 Å². The largest absolute Gasteiger partial charge is 0.383 e. The second-order valence-electron chi connectivity index (χ2n) is 5.75. The van der Waals surface area contributed by atoms with Crippen molar-refractivity contribution < 1.29 is 14.3 Å². The van der Waals surface area contributed by atoms with Crippen LogP contribution in [0.2, 0.25) is 0 Å². The van der Waals surface area contributed by atoms with Gasteiger partial charge in [-0.3, -0.25) is 9.59 Å². The van der Waals surface area contributed by atoms with E-state index in [1.165, 1.54) is 0 Å². The minimum Gasteiger partial charge on any atom is -0.383 e. The van der Waals surface area contributed by atoms with Gasteiger partial charge in [0.2, 0.25) is 11.8 Å².